The summed E-state index contributed by atoms with van der Waals surface area (Å²) in [6, 6.07) is 29.6. The minimum atomic E-state index is -4.54. The molecule has 0 heterocycles. The monoisotopic (exact) mass is 704 g/mol. The van der Waals surface area contributed by atoms with E-state index in [1.807, 2.05) is 72.8 Å². The minimum absolute atomic E-state index is 0.000340. The predicted octanol–water partition coefficient (Wildman–Crippen LogP) is 8.86. The number of nitrogens with zero attached hydrogens (tertiary/aromatic N) is 2. The first-order chi connectivity index (χ1) is 23.5. The lowest BCUT2D eigenvalue weighted by Gasteiger charge is -2.31. The lowest BCUT2D eigenvalue weighted by atomic mass is 9.73. The van der Waals surface area contributed by atoms with Crippen LogP contribution in [0.5, 0.6) is 0 Å². The van der Waals surface area contributed by atoms with Crippen LogP contribution in [0, 0.1) is 0 Å². The van der Waals surface area contributed by atoms with Gasteiger partial charge in [-0.2, -0.15) is 13.2 Å². The van der Waals surface area contributed by atoms with Gasteiger partial charge in [0.2, 0.25) is 5.91 Å². The second-order valence-corrected chi connectivity index (χ2v) is 13.2. The fourth-order valence-corrected chi connectivity index (χ4v) is 7.19. The number of thioether (sulfide) groups is 1. The Labute approximate surface area is 293 Å². The Morgan fingerprint density at radius 2 is 1.43 bits per heavy atom. The normalized spacial score (nSPS) is 13.9. The number of hydrogen-bond acceptors (Lipinski definition) is 4. The molecule has 0 radical (unpaired) electrons. The van der Waals surface area contributed by atoms with Gasteiger partial charge in [-0.05, 0) is 64.8 Å². The summed E-state index contributed by atoms with van der Waals surface area (Å²) in [5, 5.41) is 3.23. The van der Waals surface area contributed by atoms with Gasteiger partial charge in [-0.25, -0.2) is 4.99 Å². The molecule has 0 unspecified atom stereocenters. The SMILES string of the molecule is CN=C(N=C(N)CCCC(=O)c1ccccc1-c1ccc(Cl)cc1)SCCCC1(C(=O)NCC(F)(F)F)c2ccccc2-c2ccccc21. The van der Waals surface area contributed by atoms with E-state index in [9.17, 15) is 22.8 Å². The zero-order valence-electron chi connectivity index (χ0n) is 26.9. The summed E-state index contributed by atoms with van der Waals surface area (Å²) in [7, 11) is 1.60. The van der Waals surface area contributed by atoms with Crippen LogP contribution < -0.4 is 11.1 Å². The van der Waals surface area contributed by atoms with E-state index in [4.69, 9.17) is 17.3 Å². The van der Waals surface area contributed by atoms with Gasteiger partial charge in [0.25, 0.3) is 0 Å². The molecule has 11 heteroatoms. The zero-order chi connectivity index (χ0) is 35.0. The number of fused-ring (bicyclic) bond motifs is 3. The number of carbonyl (C=O) groups is 2. The molecule has 254 valence electrons. The van der Waals surface area contributed by atoms with Crippen LogP contribution in [0.25, 0.3) is 22.3 Å². The lowest BCUT2D eigenvalue weighted by Crippen LogP contribution is -2.47. The molecule has 0 aliphatic heterocycles. The molecule has 3 N–H and O–H groups in total. The van der Waals surface area contributed by atoms with Gasteiger partial charge < -0.3 is 11.1 Å². The van der Waals surface area contributed by atoms with Crippen LogP contribution in [0.1, 0.15) is 53.6 Å². The minimum Gasteiger partial charge on any atom is -0.387 e. The molecule has 4 aromatic rings. The maximum absolute atomic E-state index is 13.7. The smallest absolute Gasteiger partial charge is 0.387 e. The fraction of sp³-hybridized carbons (Fsp3) is 0.263. The highest BCUT2D eigenvalue weighted by molar-refractivity contribution is 8.13. The molecule has 0 atom stereocenters. The van der Waals surface area contributed by atoms with Gasteiger partial charge in [0.05, 0.1) is 0 Å². The molecule has 4 aromatic carbocycles. The molecule has 5 rings (SSSR count). The number of nitrogens with two attached hydrogens (primary N) is 1. The van der Waals surface area contributed by atoms with E-state index in [1.165, 1.54) is 11.8 Å². The first-order valence-electron chi connectivity index (χ1n) is 15.9. The third kappa shape index (κ3) is 8.43. The van der Waals surface area contributed by atoms with Crippen LogP contribution in [0.4, 0.5) is 13.2 Å². The van der Waals surface area contributed by atoms with Crippen molar-refractivity contribution in [3.05, 3.63) is 119 Å². The Hall–Kier alpha value is -4.41. The quantitative estimate of drug-likeness (QED) is 0.0667. The second kappa shape index (κ2) is 15.9. The molecule has 0 aromatic heterocycles. The van der Waals surface area contributed by atoms with Gasteiger partial charge in [-0.3, -0.25) is 14.6 Å². The van der Waals surface area contributed by atoms with Gasteiger partial charge in [0, 0.05) is 36.2 Å². The molecule has 49 heavy (non-hydrogen) atoms. The molecule has 6 nitrogen and oxygen atoms in total. The van der Waals surface area contributed by atoms with Gasteiger partial charge >= 0.3 is 6.18 Å². The number of nitrogens with one attached hydrogen (secondary N) is 1. The first-order valence-corrected chi connectivity index (χ1v) is 17.2. The van der Waals surface area contributed by atoms with E-state index in [2.05, 4.69) is 15.3 Å². The third-order valence-corrected chi connectivity index (χ3v) is 9.75. The van der Waals surface area contributed by atoms with Gasteiger partial charge in [0.15, 0.2) is 11.0 Å². The van der Waals surface area contributed by atoms with Crippen LogP contribution in [0.2, 0.25) is 5.02 Å². The Morgan fingerprint density at radius 3 is 2.04 bits per heavy atom. The summed E-state index contributed by atoms with van der Waals surface area (Å²) < 4.78 is 39.5. The standard InChI is InChI=1S/C38H36ClF3N4O2S/c1-44-36(46-34(43)17-8-16-33(47)30-13-3-2-10-27(30)25-18-20-26(39)21-19-25)49-23-9-22-37(35(48)45-24-38(40,41)42)31-14-6-4-11-28(31)29-12-5-7-15-32(29)37/h2-7,10-15,18-21H,8-9,16-17,22-24H2,1H3,(H,45,48)(H2,43,44,46). The highest BCUT2D eigenvalue weighted by Crippen LogP contribution is 2.51. The van der Waals surface area contributed by atoms with Crippen molar-refractivity contribution in [2.75, 3.05) is 19.3 Å². The number of benzene rings is 4. The molecule has 0 saturated carbocycles. The number of aliphatic imine (C=N–C) groups is 2. The number of carbonyl (C=O) groups excluding carboxylic acids is 2. The Kier molecular flexibility index (Phi) is 11.6. The Balaban J connectivity index is 1.20. The molecule has 0 fully saturated rings. The zero-order valence-corrected chi connectivity index (χ0v) is 28.5. The fourth-order valence-electron chi connectivity index (χ4n) is 6.28. The lowest BCUT2D eigenvalue weighted by molar-refractivity contribution is -0.141. The van der Waals surface area contributed by atoms with Crippen LogP contribution in [0.15, 0.2) is 107 Å². The van der Waals surface area contributed by atoms with E-state index in [0.717, 1.165) is 22.3 Å². The summed E-state index contributed by atoms with van der Waals surface area (Å²) in [5.41, 5.74) is 10.4. The highest BCUT2D eigenvalue weighted by Gasteiger charge is 2.49. The van der Waals surface area contributed by atoms with Crippen molar-refractivity contribution in [1.82, 2.24) is 5.32 Å². The van der Waals surface area contributed by atoms with Crippen LogP contribution >= 0.6 is 23.4 Å². The average molecular weight is 705 g/mol. The number of halogens is 4. The first kappa shape index (κ1) is 35.9. The van der Waals surface area contributed by atoms with E-state index < -0.39 is 24.0 Å². The van der Waals surface area contributed by atoms with Crippen LogP contribution in [-0.2, 0) is 10.2 Å². The highest BCUT2D eigenvalue weighted by atomic mass is 35.5. The molecule has 1 aliphatic carbocycles. The van der Waals surface area contributed by atoms with E-state index in [1.54, 1.807) is 31.3 Å². The number of amidine groups is 2. The van der Waals surface area contributed by atoms with Crippen molar-refractivity contribution in [2.24, 2.45) is 15.7 Å². The Morgan fingerprint density at radius 1 is 0.837 bits per heavy atom. The van der Waals surface area contributed by atoms with Gasteiger partial charge in [0.1, 0.15) is 17.8 Å². The largest absolute Gasteiger partial charge is 0.405 e. The molecular formula is C38H36ClF3N4O2S. The number of hydrogen-bond donors (Lipinski definition) is 2. The Bertz CT molecular complexity index is 1830. The number of Topliss-reactive ketones (excluding diaryl/α,β-unsaturated/α-hetero) is 1. The maximum Gasteiger partial charge on any atom is 0.405 e. The second-order valence-electron chi connectivity index (χ2n) is 11.7. The average Bonchev–Trinajstić information content (AvgIpc) is 3.39. The molecule has 1 amide bonds. The summed E-state index contributed by atoms with van der Waals surface area (Å²) in [4.78, 5) is 35.6. The topological polar surface area (TPSA) is 96.9 Å². The summed E-state index contributed by atoms with van der Waals surface area (Å²) in [6.07, 6.45) is -2.59. The van der Waals surface area contributed by atoms with E-state index in [0.29, 0.717) is 57.7 Å². The van der Waals surface area contributed by atoms with E-state index >= 15 is 0 Å². The number of ketones is 1. The maximum atomic E-state index is 13.7. The molecule has 0 spiro atoms. The van der Waals surface area contributed by atoms with Gasteiger partial charge in [-0.1, -0.05) is 108 Å². The number of amides is 1. The van der Waals surface area contributed by atoms with Crippen molar-refractivity contribution in [2.45, 2.75) is 43.7 Å². The van der Waals surface area contributed by atoms with Crippen molar-refractivity contribution in [1.29, 1.82) is 0 Å². The van der Waals surface area contributed by atoms with Crippen molar-refractivity contribution >= 4 is 46.1 Å². The van der Waals surface area contributed by atoms with Crippen LogP contribution in [-0.4, -0.2) is 48.2 Å². The molecule has 1 aliphatic rings. The predicted molar refractivity (Wildman–Crippen MR) is 193 cm³/mol. The van der Waals surface area contributed by atoms with E-state index in [-0.39, 0.29) is 18.6 Å². The molecule has 0 bridgehead atoms. The summed E-state index contributed by atoms with van der Waals surface area (Å²) in [5.74, 6) is 0.167. The summed E-state index contributed by atoms with van der Waals surface area (Å²) in [6.45, 7) is -1.41. The van der Waals surface area contributed by atoms with Crippen molar-refractivity contribution < 1.29 is 22.8 Å². The van der Waals surface area contributed by atoms with Crippen molar-refractivity contribution in [3.63, 3.8) is 0 Å². The molecular weight excluding hydrogens is 669 g/mol. The van der Waals surface area contributed by atoms with Crippen molar-refractivity contribution in [3.8, 4) is 22.3 Å². The number of rotatable bonds is 12. The summed E-state index contributed by atoms with van der Waals surface area (Å²) >= 11 is 7.39. The number of alkyl halides is 3. The van der Waals surface area contributed by atoms with Gasteiger partial charge in [-0.15, -0.1) is 0 Å². The third-order valence-electron chi connectivity index (χ3n) is 8.48. The molecule has 0 saturated heterocycles. The van der Waals surface area contributed by atoms with Crippen LogP contribution in [0.3, 0.4) is 0 Å².